The van der Waals surface area contributed by atoms with Gasteiger partial charge >= 0.3 is 0 Å². The maximum Gasteiger partial charge on any atom is 0.234 e. The van der Waals surface area contributed by atoms with Crippen LogP contribution in [-0.2, 0) is 0 Å². The number of guanidine groups is 1. The number of aryl methyl sites for hydroxylation is 1. The molecule has 140 valence electrons. The van der Waals surface area contributed by atoms with Crippen molar-refractivity contribution in [3.05, 3.63) is 70.0 Å². The van der Waals surface area contributed by atoms with Crippen LogP contribution in [0.1, 0.15) is 17.0 Å². The Hall–Kier alpha value is -3.39. The molecule has 4 rings (SSSR count). The Morgan fingerprint density at radius 1 is 0.964 bits per heavy atom. The van der Waals surface area contributed by atoms with Crippen LogP contribution in [0.4, 0.5) is 0 Å². The first kappa shape index (κ1) is 18.0. The van der Waals surface area contributed by atoms with Crippen molar-refractivity contribution in [3.63, 3.8) is 0 Å². The fourth-order valence-electron chi connectivity index (χ4n) is 2.87. The third kappa shape index (κ3) is 4.12. The molecule has 0 bridgehead atoms. The third-order valence-electron chi connectivity index (χ3n) is 4.15. The smallest absolute Gasteiger partial charge is 0.234 e. The SMILES string of the molecule is Cc1ccc2cc(/C=N/NC(N)=N/N=C/c3cc4ccc(Br)cc4[nH]3)[nH]c2c1. The standard InChI is InChI=1S/C20H18BrN7/c1-12-2-3-13-7-16(25-18(13)6-12)10-23-27-20(22)28-24-11-17-8-14-4-5-15(21)9-19(14)26-17/h2-11,25-26H,1H3,(H3,22,27,28)/b23-10+,24-11+. The molecule has 28 heavy (non-hydrogen) atoms. The highest BCUT2D eigenvalue weighted by Gasteiger charge is 2.00. The highest BCUT2D eigenvalue weighted by molar-refractivity contribution is 9.10. The molecule has 0 spiro atoms. The lowest BCUT2D eigenvalue weighted by molar-refractivity contribution is 0.993. The summed E-state index contributed by atoms with van der Waals surface area (Å²) >= 11 is 3.45. The van der Waals surface area contributed by atoms with E-state index in [1.54, 1.807) is 12.4 Å². The van der Waals surface area contributed by atoms with E-state index in [0.717, 1.165) is 37.7 Å². The largest absolute Gasteiger partial charge is 0.367 e. The van der Waals surface area contributed by atoms with Crippen LogP contribution >= 0.6 is 15.9 Å². The monoisotopic (exact) mass is 435 g/mol. The fraction of sp³-hybridized carbons (Fsp3) is 0.0500. The summed E-state index contributed by atoms with van der Waals surface area (Å²) in [5, 5.41) is 14.2. The number of H-pyrrole nitrogens is 2. The number of fused-ring (bicyclic) bond motifs is 2. The Morgan fingerprint density at radius 3 is 2.43 bits per heavy atom. The molecule has 2 heterocycles. The molecule has 0 unspecified atom stereocenters. The number of aromatic nitrogens is 2. The number of hydrogen-bond donors (Lipinski definition) is 4. The molecule has 2 aromatic carbocycles. The van der Waals surface area contributed by atoms with Crippen molar-refractivity contribution < 1.29 is 0 Å². The van der Waals surface area contributed by atoms with E-state index in [4.69, 9.17) is 5.73 Å². The number of rotatable bonds is 4. The number of hydrazone groups is 1. The molecule has 0 amide bonds. The molecule has 0 aliphatic carbocycles. The molecule has 0 saturated heterocycles. The van der Waals surface area contributed by atoms with E-state index in [0.29, 0.717) is 0 Å². The van der Waals surface area contributed by atoms with Crippen LogP contribution in [0, 0.1) is 6.92 Å². The van der Waals surface area contributed by atoms with Gasteiger partial charge in [-0.3, -0.25) is 0 Å². The summed E-state index contributed by atoms with van der Waals surface area (Å²) in [6.45, 7) is 2.06. The summed E-state index contributed by atoms with van der Waals surface area (Å²) in [6, 6.07) is 16.2. The van der Waals surface area contributed by atoms with Crippen molar-refractivity contribution in [2.45, 2.75) is 6.92 Å². The van der Waals surface area contributed by atoms with Gasteiger partial charge in [0.2, 0.25) is 5.96 Å². The number of halogens is 1. The minimum atomic E-state index is 0.0957. The van der Waals surface area contributed by atoms with Crippen LogP contribution in [0.15, 0.2) is 68.3 Å². The number of aromatic amines is 2. The molecule has 0 saturated carbocycles. The Kier molecular flexibility index (Phi) is 4.94. The summed E-state index contributed by atoms with van der Waals surface area (Å²) in [4.78, 5) is 6.53. The Morgan fingerprint density at radius 2 is 1.64 bits per heavy atom. The lowest BCUT2D eigenvalue weighted by atomic mass is 10.2. The first-order valence-electron chi connectivity index (χ1n) is 8.60. The maximum atomic E-state index is 5.78. The van der Waals surface area contributed by atoms with Gasteiger partial charge in [0, 0.05) is 26.3 Å². The molecule has 8 heteroatoms. The zero-order valence-electron chi connectivity index (χ0n) is 15.1. The predicted molar refractivity (Wildman–Crippen MR) is 119 cm³/mol. The molecule has 0 aliphatic rings. The van der Waals surface area contributed by atoms with Gasteiger partial charge < -0.3 is 15.7 Å². The summed E-state index contributed by atoms with van der Waals surface area (Å²) < 4.78 is 1.01. The van der Waals surface area contributed by atoms with Gasteiger partial charge in [-0.05, 0) is 42.8 Å². The first-order valence-corrected chi connectivity index (χ1v) is 9.39. The second-order valence-corrected chi connectivity index (χ2v) is 7.29. The molecular weight excluding hydrogens is 418 g/mol. The molecule has 0 radical (unpaired) electrons. The zero-order chi connectivity index (χ0) is 19.5. The first-order chi connectivity index (χ1) is 13.6. The van der Waals surface area contributed by atoms with E-state index in [-0.39, 0.29) is 5.96 Å². The summed E-state index contributed by atoms with van der Waals surface area (Å²) in [6.07, 6.45) is 3.25. The van der Waals surface area contributed by atoms with Crippen molar-refractivity contribution >= 4 is 56.1 Å². The van der Waals surface area contributed by atoms with Crippen molar-refractivity contribution in [2.75, 3.05) is 0 Å². The summed E-state index contributed by atoms with van der Waals surface area (Å²) in [5.74, 6) is 0.0957. The minimum absolute atomic E-state index is 0.0957. The summed E-state index contributed by atoms with van der Waals surface area (Å²) in [5.41, 5.74) is 13.4. The van der Waals surface area contributed by atoms with E-state index >= 15 is 0 Å². The molecule has 4 aromatic rings. The van der Waals surface area contributed by atoms with Crippen molar-refractivity contribution in [2.24, 2.45) is 21.0 Å². The van der Waals surface area contributed by atoms with Gasteiger partial charge in [-0.1, -0.05) is 34.1 Å². The molecule has 7 nitrogen and oxygen atoms in total. The molecule has 0 aliphatic heterocycles. The molecule has 0 fully saturated rings. The van der Waals surface area contributed by atoms with Crippen LogP contribution in [0.3, 0.4) is 0 Å². The zero-order valence-corrected chi connectivity index (χ0v) is 16.7. The predicted octanol–water partition coefficient (Wildman–Crippen LogP) is 3.99. The number of nitrogens with one attached hydrogen (secondary N) is 3. The minimum Gasteiger partial charge on any atom is -0.367 e. The van der Waals surface area contributed by atoms with Gasteiger partial charge in [0.1, 0.15) is 0 Å². The number of nitrogens with zero attached hydrogens (tertiary/aromatic N) is 3. The maximum absolute atomic E-state index is 5.78. The average Bonchev–Trinajstić information content (AvgIpc) is 3.24. The Bertz CT molecular complexity index is 1230. The third-order valence-corrected chi connectivity index (χ3v) is 4.64. The second-order valence-electron chi connectivity index (χ2n) is 6.37. The van der Waals surface area contributed by atoms with Crippen LogP contribution in [0.25, 0.3) is 21.8 Å². The van der Waals surface area contributed by atoms with Gasteiger partial charge in [0.15, 0.2) is 0 Å². The van der Waals surface area contributed by atoms with E-state index in [9.17, 15) is 0 Å². The van der Waals surface area contributed by atoms with Gasteiger partial charge in [-0.15, -0.1) is 5.10 Å². The number of nitrogens with two attached hydrogens (primary N) is 1. The van der Waals surface area contributed by atoms with Gasteiger partial charge in [0.05, 0.1) is 23.8 Å². The highest BCUT2D eigenvalue weighted by atomic mass is 79.9. The van der Waals surface area contributed by atoms with Crippen molar-refractivity contribution in [1.29, 1.82) is 0 Å². The van der Waals surface area contributed by atoms with Crippen LogP contribution in [-0.4, -0.2) is 28.4 Å². The van der Waals surface area contributed by atoms with Crippen LogP contribution in [0.5, 0.6) is 0 Å². The quantitative estimate of drug-likeness (QED) is 0.221. The molecular formula is C20H18BrN7. The normalized spacial score (nSPS) is 12.7. The lowest BCUT2D eigenvalue weighted by Gasteiger charge is -1.94. The summed E-state index contributed by atoms with van der Waals surface area (Å²) in [7, 11) is 0. The van der Waals surface area contributed by atoms with Crippen molar-refractivity contribution in [1.82, 2.24) is 15.4 Å². The van der Waals surface area contributed by atoms with Crippen LogP contribution in [0.2, 0.25) is 0 Å². The second kappa shape index (κ2) is 7.69. The van der Waals surface area contributed by atoms with E-state index in [1.807, 2.05) is 30.3 Å². The number of benzene rings is 2. The van der Waals surface area contributed by atoms with Crippen molar-refractivity contribution in [3.8, 4) is 0 Å². The van der Waals surface area contributed by atoms with Gasteiger partial charge in [-0.25, -0.2) is 5.43 Å². The molecule has 2 aromatic heterocycles. The topological polar surface area (TPSA) is 107 Å². The van der Waals surface area contributed by atoms with E-state index < -0.39 is 0 Å². The van der Waals surface area contributed by atoms with Gasteiger partial charge in [-0.2, -0.15) is 10.2 Å². The number of hydrogen-bond acceptors (Lipinski definition) is 3. The molecule has 0 atom stereocenters. The average molecular weight is 436 g/mol. The Labute approximate surface area is 169 Å². The lowest BCUT2D eigenvalue weighted by Crippen LogP contribution is -2.26. The highest BCUT2D eigenvalue weighted by Crippen LogP contribution is 2.19. The molecule has 5 N–H and O–H groups in total. The van der Waals surface area contributed by atoms with E-state index in [1.165, 1.54) is 5.56 Å². The van der Waals surface area contributed by atoms with Gasteiger partial charge in [0.25, 0.3) is 0 Å². The van der Waals surface area contributed by atoms with Crippen LogP contribution < -0.4 is 11.2 Å². The van der Waals surface area contributed by atoms with E-state index in [2.05, 4.69) is 71.8 Å². The Balaban J connectivity index is 1.39. The fourth-order valence-corrected chi connectivity index (χ4v) is 3.23.